The van der Waals surface area contributed by atoms with Crippen LogP contribution in [0.15, 0.2) is 11.6 Å². The van der Waals surface area contributed by atoms with E-state index in [1.807, 2.05) is 0 Å². The van der Waals surface area contributed by atoms with Gasteiger partial charge in [0.1, 0.15) is 6.61 Å². The van der Waals surface area contributed by atoms with Crippen LogP contribution in [0.25, 0.3) is 5.53 Å². The van der Waals surface area contributed by atoms with Gasteiger partial charge in [-0.15, -0.1) is 4.79 Å². The number of nitriles is 1. The van der Waals surface area contributed by atoms with Crippen molar-refractivity contribution in [3.8, 4) is 6.07 Å². The van der Waals surface area contributed by atoms with Gasteiger partial charge in [-0.25, -0.2) is 4.79 Å². The van der Waals surface area contributed by atoms with Gasteiger partial charge in [-0.3, -0.25) is 0 Å². The zero-order valence-electron chi connectivity index (χ0n) is 5.90. The van der Waals surface area contributed by atoms with E-state index in [1.54, 1.807) is 0 Å². The average Bonchev–Trinajstić information content (AvgIpc) is 2.07. The Kier molecular flexibility index (Phi) is 5.28. The lowest BCUT2D eigenvalue weighted by molar-refractivity contribution is -0.138. The molecule has 0 atom stereocenters. The second kappa shape index (κ2) is 6.10. The van der Waals surface area contributed by atoms with Crippen LogP contribution in [-0.4, -0.2) is 23.1 Å². The molecule has 0 aromatic rings. The molecule has 0 aromatic carbocycles. The van der Waals surface area contributed by atoms with Crippen molar-refractivity contribution < 1.29 is 14.3 Å². The van der Waals surface area contributed by atoms with Crippen molar-refractivity contribution in [3.05, 3.63) is 17.1 Å². The highest BCUT2D eigenvalue weighted by Gasteiger charge is 2.20. The number of carbonyl (C=O) groups is 1. The fourth-order valence-corrected chi connectivity index (χ4v) is 0.410. The average molecular weight is 186 g/mol. The number of nitrogens with zero attached hydrogens (tertiary/aromatic N) is 3. The molecule has 0 heterocycles. The van der Waals surface area contributed by atoms with E-state index in [9.17, 15) is 4.79 Å². The van der Waals surface area contributed by atoms with Crippen LogP contribution in [0, 0.1) is 11.3 Å². The van der Waals surface area contributed by atoms with Crippen LogP contribution in [0.3, 0.4) is 0 Å². The maximum Gasteiger partial charge on any atom is 0.475 e. The van der Waals surface area contributed by atoms with E-state index >= 15 is 0 Å². The highest BCUT2D eigenvalue weighted by molar-refractivity contribution is 6.40. The molecule has 0 saturated heterocycles. The molecule has 0 aliphatic rings. The Morgan fingerprint density at radius 1 is 1.83 bits per heavy atom. The molecule has 5 nitrogen and oxygen atoms in total. The van der Waals surface area contributed by atoms with Crippen molar-refractivity contribution in [2.75, 3.05) is 6.61 Å². The van der Waals surface area contributed by atoms with Gasteiger partial charge in [-0.1, -0.05) is 11.6 Å². The third-order valence-electron chi connectivity index (χ3n) is 0.799. The smallest absolute Gasteiger partial charge is 0.452 e. The van der Waals surface area contributed by atoms with Gasteiger partial charge >= 0.3 is 11.7 Å². The van der Waals surface area contributed by atoms with Crippen LogP contribution in [0.1, 0.15) is 0 Å². The first-order valence-corrected chi connectivity index (χ1v) is 3.24. The van der Waals surface area contributed by atoms with Gasteiger partial charge < -0.3 is 10.3 Å². The number of ether oxygens (including phenoxy) is 1. The van der Waals surface area contributed by atoms with Gasteiger partial charge in [0.25, 0.3) is 0 Å². The molecule has 0 aliphatic heterocycles. The van der Waals surface area contributed by atoms with E-state index in [2.05, 4.69) is 9.53 Å². The van der Waals surface area contributed by atoms with Crippen molar-refractivity contribution in [1.29, 1.82) is 5.26 Å². The number of esters is 1. The Labute approximate surface area is 73.4 Å². The predicted octanol–water partition coefficient (Wildman–Crippen LogP) is 0.476. The maximum atomic E-state index is 10.7. The fraction of sp³-hybridized carbons (Fsp3) is 0.167. The molecule has 62 valence electrons. The number of halogens is 1. The minimum Gasteiger partial charge on any atom is -0.452 e. The first kappa shape index (κ1) is 10.4. The van der Waals surface area contributed by atoms with E-state index < -0.39 is 11.7 Å². The van der Waals surface area contributed by atoms with Crippen molar-refractivity contribution in [2.45, 2.75) is 0 Å². The van der Waals surface area contributed by atoms with Crippen LogP contribution < -0.4 is 0 Å². The van der Waals surface area contributed by atoms with Crippen molar-refractivity contribution in [1.82, 2.24) is 0 Å². The Hall–Kier alpha value is -1.63. The molecule has 0 saturated carbocycles. The minimum absolute atomic E-state index is 0.0664. The maximum absolute atomic E-state index is 10.7. The molecule has 0 aliphatic carbocycles. The summed E-state index contributed by atoms with van der Waals surface area (Å²) in [6.07, 6.45) is 1.35. The molecule has 0 amide bonds. The van der Waals surface area contributed by atoms with Gasteiger partial charge in [0, 0.05) is 5.54 Å². The molecule has 0 fully saturated rings. The number of rotatable bonds is 3. The monoisotopic (exact) mass is 185 g/mol. The lowest BCUT2D eigenvalue weighted by atomic mass is 10.4. The third-order valence-corrected chi connectivity index (χ3v) is 0.977. The molecule has 0 bridgehead atoms. The summed E-state index contributed by atoms with van der Waals surface area (Å²) in [5, 5.41) is 8.17. The quantitative estimate of drug-likeness (QED) is 0.277. The molecule has 6 heteroatoms. The molecular weight excluding hydrogens is 182 g/mol. The van der Waals surface area contributed by atoms with E-state index in [-0.39, 0.29) is 6.61 Å². The largest absolute Gasteiger partial charge is 0.475 e. The van der Waals surface area contributed by atoms with Crippen molar-refractivity contribution in [2.24, 2.45) is 0 Å². The van der Waals surface area contributed by atoms with Crippen LogP contribution in [-0.2, 0) is 9.53 Å². The zero-order chi connectivity index (χ0) is 9.40. The van der Waals surface area contributed by atoms with Gasteiger partial charge in [-0.05, 0) is 6.08 Å². The predicted molar refractivity (Wildman–Crippen MR) is 40.2 cm³/mol. The fourth-order valence-electron chi connectivity index (χ4n) is 0.337. The Morgan fingerprint density at radius 2 is 2.50 bits per heavy atom. The highest BCUT2D eigenvalue weighted by Crippen LogP contribution is 1.83. The Balaban J connectivity index is 4.07. The molecule has 12 heavy (non-hydrogen) atoms. The van der Waals surface area contributed by atoms with Gasteiger partial charge in [0.05, 0.1) is 0 Å². The summed E-state index contributed by atoms with van der Waals surface area (Å²) in [6, 6.07) is 1.35. The molecule has 0 N–H and O–H groups in total. The highest BCUT2D eigenvalue weighted by atomic mass is 35.5. The summed E-state index contributed by atoms with van der Waals surface area (Å²) in [6.45, 7) is -0.0664. The second-order valence-corrected chi connectivity index (χ2v) is 1.77. The topological polar surface area (TPSA) is 86.5 Å². The van der Waals surface area contributed by atoms with E-state index in [0.717, 1.165) is 5.54 Å². The lowest BCUT2D eigenvalue weighted by Gasteiger charge is -1.91. The molecule has 0 radical (unpaired) electrons. The van der Waals surface area contributed by atoms with E-state index in [1.165, 1.54) is 12.1 Å². The number of carbonyl (C=O) groups excluding carboxylic acids is 1. The number of hydrogen-bond acceptors (Lipinski definition) is 3. The summed E-state index contributed by atoms with van der Waals surface area (Å²) < 4.78 is 4.40. The van der Waals surface area contributed by atoms with E-state index in [4.69, 9.17) is 22.4 Å². The molecular formula is C6H4ClN3O2. The summed E-state index contributed by atoms with van der Waals surface area (Å²) in [4.78, 5) is 13.1. The lowest BCUT2D eigenvalue weighted by Crippen LogP contribution is -2.16. The molecule has 0 aromatic heterocycles. The minimum atomic E-state index is -0.991. The van der Waals surface area contributed by atoms with Crippen LogP contribution in [0.5, 0.6) is 0 Å². The molecule has 0 rings (SSSR count). The standard InChI is InChI=1S/C6H4ClN3O2/c7-2-1-3-12-6(11)5(4-8)10-9/h1-2H,3H2/b2-1+. The van der Waals surface area contributed by atoms with E-state index in [0.29, 0.717) is 0 Å². The van der Waals surface area contributed by atoms with Crippen LogP contribution in [0.2, 0.25) is 0 Å². The molecule has 0 spiro atoms. The van der Waals surface area contributed by atoms with Crippen LogP contribution in [0.4, 0.5) is 0 Å². The van der Waals surface area contributed by atoms with Crippen molar-refractivity contribution >= 4 is 23.3 Å². The Bertz CT molecular complexity index is 286. The third kappa shape index (κ3) is 3.52. The Morgan fingerprint density at radius 3 is 2.92 bits per heavy atom. The molecule has 0 unspecified atom stereocenters. The summed E-state index contributed by atoms with van der Waals surface area (Å²) in [5.74, 6) is -0.991. The SMILES string of the molecule is N#CC(=[N+]=[N-])C(=O)OC/C=C/Cl. The summed E-state index contributed by atoms with van der Waals surface area (Å²) in [5.41, 5.74) is 8.54. The zero-order valence-corrected chi connectivity index (χ0v) is 6.65. The van der Waals surface area contributed by atoms with Gasteiger partial charge in [0.15, 0.2) is 6.07 Å². The van der Waals surface area contributed by atoms with Crippen molar-refractivity contribution in [3.63, 3.8) is 0 Å². The first-order valence-electron chi connectivity index (χ1n) is 2.80. The van der Waals surface area contributed by atoms with Gasteiger partial charge in [-0.2, -0.15) is 5.26 Å². The normalized spacial score (nSPS) is 8.67. The first-order chi connectivity index (χ1) is 5.76. The van der Waals surface area contributed by atoms with Gasteiger partial charge in [0.2, 0.25) is 0 Å². The summed E-state index contributed by atoms with van der Waals surface area (Å²) in [7, 11) is 0. The number of hydrogen-bond donors (Lipinski definition) is 0. The summed E-state index contributed by atoms with van der Waals surface area (Å²) >= 11 is 5.12. The van der Waals surface area contributed by atoms with Crippen LogP contribution >= 0.6 is 11.6 Å². The second-order valence-electron chi connectivity index (χ2n) is 1.52.